The molecule has 0 unspecified atom stereocenters. The molecule has 2 atom stereocenters. The van der Waals surface area contributed by atoms with Gasteiger partial charge in [-0.2, -0.15) is 0 Å². The first kappa shape index (κ1) is 20.2. The standard InChI is InChI=1S/C25H26N2O3S/c28-25(29)23-26-21-20(17-9-5-2-6-10-17)22(31-24(21)27-23)18-11-13-19(14-12-18)30-15-16-7-3-1-4-8-16/h1,3-4,7-8,11-14,17,20,22H,2,5-6,9-10,15H2,(H,26,27)(H,28,29)/t20-,22-/m1/s1. The molecule has 6 heteroatoms. The number of nitrogens with one attached hydrogen (secondary N) is 1. The third-order valence-electron chi connectivity index (χ3n) is 6.41. The van der Waals surface area contributed by atoms with Gasteiger partial charge < -0.3 is 14.8 Å². The second kappa shape index (κ2) is 8.79. The van der Waals surface area contributed by atoms with Crippen molar-refractivity contribution in [2.24, 2.45) is 5.92 Å². The lowest BCUT2D eigenvalue weighted by Gasteiger charge is -2.31. The number of rotatable bonds is 6. The first-order valence-electron chi connectivity index (χ1n) is 11.0. The van der Waals surface area contributed by atoms with E-state index in [9.17, 15) is 9.90 Å². The monoisotopic (exact) mass is 434 g/mol. The van der Waals surface area contributed by atoms with Crippen molar-refractivity contribution >= 4 is 17.7 Å². The fourth-order valence-electron chi connectivity index (χ4n) is 4.88. The molecule has 3 aromatic rings. The Bertz CT molecular complexity index is 1040. The van der Waals surface area contributed by atoms with Crippen molar-refractivity contribution in [3.8, 4) is 5.75 Å². The summed E-state index contributed by atoms with van der Waals surface area (Å²) in [6.07, 6.45) is 6.19. The van der Waals surface area contributed by atoms with Crippen LogP contribution >= 0.6 is 11.8 Å². The Morgan fingerprint density at radius 1 is 1.06 bits per heavy atom. The van der Waals surface area contributed by atoms with Crippen LogP contribution in [0.5, 0.6) is 5.75 Å². The van der Waals surface area contributed by atoms with E-state index in [1.807, 2.05) is 30.3 Å². The van der Waals surface area contributed by atoms with Gasteiger partial charge >= 0.3 is 5.97 Å². The minimum atomic E-state index is -0.992. The van der Waals surface area contributed by atoms with Gasteiger partial charge in [0.25, 0.3) is 0 Å². The summed E-state index contributed by atoms with van der Waals surface area (Å²) in [5, 5.41) is 10.5. The van der Waals surface area contributed by atoms with Gasteiger partial charge in [0.2, 0.25) is 5.82 Å². The fourth-order valence-corrected chi connectivity index (χ4v) is 6.38. The Morgan fingerprint density at radius 3 is 2.52 bits per heavy atom. The van der Waals surface area contributed by atoms with Crippen LogP contribution in [0.2, 0.25) is 0 Å². The summed E-state index contributed by atoms with van der Waals surface area (Å²) < 4.78 is 5.95. The molecule has 0 bridgehead atoms. The van der Waals surface area contributed by atoms with Crippen LogP contribution in [0.1, 0.15) is 70.7 Å². The molecule has 2 heterocycles. The number of carboxylic acid groups (broad SMARTS) is 1. The molecule has 160 valence electrons. The average Bonchev–Trinajstić information content (AvgIpc) is 3.38. The maximum absolute atomic E-state index is 11.4. The zero-order valence-corrected chi connectivity index (χ0v) is 18.1. The summed E-state index contributed by atoms with van der Waals surface area (Å²) in [6, 6.07) is 18.5. The van der Waals surface area contributed by atoms with Crippen molar-refractivity contribution in [1.82, 2.24) is 9.97 Å². The molecule has 1 aliphatic heterocycles. The van der Waals surface area contributed by atoms with E-state index in [0.717, 1.165) is 22.0 Å². The number of aromatic carboxylic acids is 1. The molecule has 2 aromatic carbocycles. The molecule has 0 saturated heterocycles. The van der Waals surface area contributed by atoms with Gasteiger partial charge in [0.1, 0.15) is 17.4 Å². The minimum absolute atomic E-state index is 0.0569. The average molecular weight is 435 g/mol. The molecule has 0 amide bonds. The van der Waals surface area contributed by atoms with Crippen molar-refractivity contribution in [3.63, 3.8) is 0 Å². The molecule has 0 spiro atoms. The largest absolute Gasteiger partial charge is 0.489 e. The summed E-state index contributed by atoms with van der Waals surface area (Å²) in [5.41, 5.74) is 3.41. The van der Waals surface area contributed by atoms with Gasteiger partial charge in [0.15, 0.2) is 0 Å². The van der Waals surface area contributed by atoms with Crippen LogP contribution in [-0.2, 0) is 6.61 Å². The van der Waals surface area contributed by atoms with Gasteiger partial charge in [-0.3, -0.25) is 0 Å². The number of ether oxygens (including phenoxy) is 1. The number of imidazole rings is 1. The maximum Gasteiger partial charge on any atom is 0.371 e. The summed E-state index contributed by atoms with van der Waals surface area (Å²) in [4.78, 5) is 18.9. The van der Waals surface area contributed by atoms with Crippen LogP contribution in [0.15, 0.2) is 59.6 Å². The first-order valence-corrected chi connectivity index (χ1v) is 11.8. The Morgan fingerprint density at radius 2 is 1.81 bits per heavy atom. The normalized spacial score (nSPS) is 21.0. The summed E-state index contributed by atoms with van der Waals surface area (Å²) in [5.74, 6) is 0.755. The highest BCUT2D eigenvalue weighted by atomic mass is 32.2. The van der Waals surface area contributed by atoms with Crippen LogP contribution in [0, 0.1) is 5.92 Å². The smallest absolute Gasteiger partial charge is 0.371 e. The number of fused-ring (bicyclic) bond motifs is 1. The Kier molecular flexibility index (Phi) is 5.72. The number of hydrogen-bond acceptors (Lipinski definition) is 4. The quantitative estimate of drug-likeness (QED) is 0.483. The third kappa shape index (κ3) is 4.22. The zero-order chi connectivity index (χ0) is 21.2. The van der Waals surface area contributed by atoms with Crippen LogP contribution in [-0.4, -0.2) is 21.0 Å². The molecular weight excluding hydrogens is 408 g/mol. The molecule has 31 heavy (non-hydrogen) atoms. The van der Waals surface area contributed by atoms with E-state index >= 15 is 0 Å². The van der Waals surface area contributed by atoms with Crippen molar-refractivity contribution in [1.29, 1.82) is 0 Å². The summed E-state index contributed by atoms with van der Waals surface area (Å²) in [7, 11) is 0. The number of aromatic nitrogens is 2. The van der Waals surface area contributed by atoms with Gasteiger partial charge in [-0.15, -0.1) is 0 Å². The molecule has 2 aliphatic rings. The maximum atomic E-state index is 11.4. The lowest BCUT2D eigenvalue weighted by atomic mass is 9.76. The third-order valence-corrected chi connectivity index (χ3v) is 7.77. The predicted octanol–water partition coefficient (Wildman–Crippen LogP) is 6.20. The number of H-pyrrole nitrogens is 1. The number of thioether (sulfide) groups is 1. The van der Waals surface area contributed by atoms with E-state index in [1.165, 1.54) is 37.7 Å². The second-order valence-corrected chi connectivity index (χ2v) is 9.55. The number of aromatic amines is 1. The molecule has 2 N–H and O–H groups in total. The molecule has 1 aromatic heterocycles. The fraction of sp³-hybridized carbons (Fsp3) is 0.360. The van der Waals surface area contributed by atoms with Crippen molar-refractivity contribution in [3.05, 3.63) is 77.2 Å². The second-order valence-electron chi connectivity index (χ2n) is 8.42. The van der Waals surface area contributed by atoms with E-state index in [4.69, 9.17) is 4.74 Å². The van der Waals surface area contributed by atoms with Crippen molar-refractivity contribution in [2.75, 3.05) is 0 Å². The van der Waals surface area contributed by atoms with Crippen LogP contribution in [0.4, 0.5) is 0 Å². The molecule has 1 aliphatic carbocycles. The molecule has 5 rings (SSSR count). The van der Waals surface area contributed by atoms with Gasteiger partial charge in [-0.05, 0) is 42.0 Å². The van der Waals surface area contributed by atoms with Crippen LogP contribution in [0.3, 0.4) is 0 Å². The molecule has 0 radical (unpaired) electrons. The molecule has 1 saturated carbocycles. The number of hydrogen-bond donors (Lipinski definition) is 2. The number of carbonyl (C=O) groups is 1. The van der Waals surface area contributed by atoms with Crippen LogP contribution < -0.4 is 4.74 Å². The van der Waals surface area contributed by atoms with Crippen molar-refractivity contribution in [2.45, 2.75) is 54.9 Å². The Balaban J connectivity index is 1.36. The van der Waals surface area contributed by atoms with Gasteiger partial charge in [0.05, 0.1) is 5.69 Å². The zero-order valence-electron chi connectivity index (χ0n) is 17.3. The topological polar surface area (TPSA) is 75.2 Å². The lowest BCUT2D eigenvalue weighted by molar-refractivity contribution is 0.0684. The molecule has 1 fully saturated rings. The van der Waals surface area contributed by atoms with Crippen molar-refractivity contribution < 1.29 is 14.6 Å². The highest BCUT2D eigenvalue weighted by Gasteiger charge is 2.42. The number of nitrogens with zero attached hydrogens (tertiary/aromatic N) is 1. The molecular formula is C25H26N2O3S. The van der Waals surface area contributed by atoms with E-state index in [2.05, 4.69) is 34.2 Å². The van der Waals surface area contributed by atoms with E-state index in [-0.39, 0.29) is 17.0 Å². The van der Waals surface area contributed by atoms with Crippen LogP contribution in [0.25, 0.3) is 0 Å². The highest BCUT2D eigenvalue weighted by Crippen LogP contribution is 2.58. The Labute approximate surface area is 186 Å². The number of carboxylic acids is 1. The van der Waals surface area contributed by atoms with E-state index < -0.39 is 5.97 Å². The van der Waals surface area contributed by atoms with E-state index in [1.54, 1.807) is 11.8 Å². The predicted molar refractivity (Wildman–Crippen MR) is 121 cm³/mol. The van der Waals surface area contributed by atoms with Gasteiger partial charge in [0, 0.05) is 11.2 Å². The van der Waals surface area contributed by atoms with Gasteiger partial charge in [-0.25, -0.2) is 9.78 Å². The lowest BCUT2D eigenvalue weighted by Crippen LogP contribution is -2.19. The highest BCUT2D eigenvalue weighted by molar-refractivity contribution is 7.99. The first-order chi connectivity index (χ1) is 15.2. The minimum Gasteiger partial charge on any atom is -0.489 e. The van der Waals surface area contributed by atoms with E-state index in [0.29, 0.717) is 12.5 Å². The summed E-state index contributed by atoms with van der Waals surface area (Å²) in [6.45, 7) is 0.551. The Hall–Kier alpha value is -2.73. The molecule has 5 nitrogen and oxygen atoms in total. The number of benzene rings is 2. The summed E-state index contributed by atoms with van der Waals surface area (Å²) >= 11 is 1.70. The SMILES string of the molecule is O=C(O)c1nc2c([nH]1)[C@@H](C1CCCCC1)[C@@H](c1ccc(OCc3ccccc3)cc1)S2. The van der Waals surface area contributed by atoms with Gasteiger partial charge in [-0.1, -0.05) is 73.5 Å².